The van der Waals surface area contributed by atoms with Crippen LogP contribution in [-0.4, -0.2) is 54.3 Å². The minimum Gasteiger partial charge on any atom is -0.447 e. The summed E-state index contributed by atoms with van der Waals surface area (Å²) in [7, 11) is 0. The standard InChI is InChI=1S/C24H25ClF3N5O4/c1-15(34)33(30-11-17-8-5-9-19(26)23(17)25)18(12-29-13-21(27)28)14-36-24(35)31-22-10-20(37-32-22)16-6-3-2-4-7-16/h2-10,18,21,29-30H,11-14H2,1H3,(H,31,32,35)/t18-/m0/s1. The highest BCUT2D eigenvalue weighted by atomic mass is 35.5. The Morgan fingerprint density at radius 2 is 1.89 bits per heavy atom. The van der Waals surface area contributed by atoms with E-state index in [4.69, 9.17) is 20.9 Å². The van der Waals surface area contributed by atoms with Crippen molar-refractivity contribution in [2.75, 3.05) is 25.0 Å². The van der Waals surface area contributed by atoms with Crippen molar-refractivity contribution in [3.05, 3.63) is 71.0 Å². The number of halogens is 4. The number of nitrogens with one attached hydrogen (secondary N) is 3. The summed E-state index contributed by atoms with van der Waals surface area (Å²) in [5.74, 6) is -0.607. The fourth-order valence-corrected chi connectivity index (χ4v) is 3.51. The molecule has 0 fully saturated rings. The zero-order chi connectivity index (χ0) is 26.8. The molecule has 0 aliphatic carbocycles. The van der Waals surface area contributed by atoms with Gasteiger partial charge in [0.25, 0.3) is 6.43 Å². The third-order valence-corrected chi connectivity index (χ3v) is 5.48. The van der Waals surface area contributed by atoms with Gasteiger partial charge in [-0.15, -0.1) is 0 Å². The summed E-state index contributed by atoms with van der Waals surface area (Å²) in [5, 5.41) is 9.69. The number of nitrogens with zero attached hydrogens (tertiary/aromatic N) is 2. The Morgan fingerprint density at radius 3 is 2.59 bits per heavy atom. The number of anilines is 1. The van der Waals surface area contributed by atoms with Crippen molar-refractivity contribution in [2.24, 2.45) is 0 Å². The van der Waals surface area contributed by atoms with Crippen molar-refractivity contribution in [1.29, 1.82) is 0 Å². The summed E-state index contributed by atoms with van der Waals surface area (Å²) in [6.07, 6.45) is -3.52. The average molecular weight is 540 g/mol. The maximum absolute atomic E-state index is 13.8. The van der Waals surface area contributed by atoms with Gasteiger partial charge >= 0.3 is 6.09 Å². The maximum Gasteiger partial charge on any atom is 0.412 e. The summed E-state index contributed by atoms with van der Waals surface area (Å²) in [6, 6.07) is 13.9. The fourth-order valence-electron chi connectivity index (χ4n) is 3.32. The molecule has 3 aromatic rings. The van der Waals surface area contributed by atoms with Crippen molar-refractivity contribution >= 4 is 29.4 Å². The molecule has 13 heteroatoms. The number of hydrazine groups is 1. The highest BCUT2D eigenvalue weighted by molar-refractivity contribution is 6.31. The first-order valence-electron chi connectivity index (χ1n) is 11.2. The lowest BCUT2D eigenvalue weighted by Gasteiger charge is -2.31. The Hall–Kier alpha value is -3.61. The molecule has 37 heavy (non-hydrogen) atoms. The van der Waals surface area contributed by atoms with E-state index in [0.717, 1.165) is 10.6 Å². The number of hydrogen-bond donors (Lipinski definition) is 3. The first-order valence-corrected chi connectivity index (χ1v) is 11.5. The van der Waals surface area contributed by atoms with Crippen molar-refractivity contribution in [3.8, 4) is 11.3 Å². The number of aromatic nitrogens is 1. The van der Waals surface area contributed by atoms with E-state index in [9.17, 15) is 22.8 Å². The molecule has 2 amide bonds. The van der Waals surface area contributed by atoms with E-state index in [2.05, 4.69) is 21.2 Å². The molecule has 3 rings (SSSR count). The summed E-state index contributed by atoms with van der Waals surface area (Å²) in [4.78, 5) is 24.7. The smallest absolute Gasteiger partial charge is 0.412 e. The van der Waals surface area contributed by atoms with Gasteiger partial charge in [0.15, 0.2) is 11.6 Å². The van der Waals surface area contributed by atoms with E-state index in [1.807, 2.05) is 18.2 Å². The second kappa shape index (κ2) is 13.6. The number of ether oxygens (including phenoxy) is 1. The minimum atomic E-state index is -2.62. The van der Waals surface area contributed by atoms with E-state index in [1.54, 1.807) is 18.2 Å². The van der Waals surface area contributed by atoms with E-state index in [-0.39, 0.29) is 30.5 Å². The zero-order valence-electron chi connectivity index (χ0n) is 19.7. The first-order chi connectivity index (χ1) is 17.7. The van der Waals surface area contributed by atoms with Gasteiger partial charge in [0.05, 0.1) is 17.6 Å². The minimum absolute atomic E-state index is 0.0467. The molecule has 0 aliphatic heterocycles. The van der Waals surface area contributed by atoms with Gasteiger partial charge in [-0.05, 0) is 11.6 Å². The van der Waals surface area contributed by atoms with Gasteiger partial charge in [-0.2, -0.15) is 0 Å². The second-order valence-electron chi connectivity index (χ2n) is 7.81. The van der Waals surface area contributed by atoms with Gasteiger partial charge in [-0.1, -0.05) is 59.2 Å². The van der Waals surface area contributed by atoms with Crippen LogP contribution >= 0.6 is 11.6 Å². The summed E-state index contributed by atoms with van der Waals surface area (Å²) < 4.78 is 49.5. The van der Waals surface area contributed by atoms with E-state index in [0.29, 0.717) is 11.3 Å². The zero-order valence-corrected chi connectivity index (χ0v) is 20.5. The molecule has 0 saturated heterocycles. The molecule has 0 bridgehead atoms. The normalized spacial score (nSPS) is 11.8. The molecule has 0 aliphatic rings. The highest BCUT2D eigenvalue weighted by Gasteiger charge is 2.24. The summed E-state index contributed by atoms with van der Waals surface area (Å²) in [6.45, 7) is 0.0548. The number of hydrogen-bond acceptors (Lipinski definition) is 7. The molecule has 1 atom stereocenters. The van der Waals surface area contributed by atoms with Gasteiger partial charge in [0.2, 0.25) is 5.91 Å². The van der Waals surface area contributed by atoms with Gasteiger partial charge in [0, 0.05) is 31.6 Å². The number of amides is 2. The Kier molecular flexibility index (Phi) is 10.3. The lowest BCUT2D eigenvalue weighted by molar-refractivity contribution is -0.136. The Morgan fingerprint density at radius 1 is 1.14 bits per heavy atom. The number of rotatable bonds is 12. The Labute approximate surface area is 215 Å². The van der Waals surface area contributed by atoms with Crippen LogP contribution in [0.3, 0.4) is 0 Å². The van der Waals surface area contributed by atoms with Crippen LogP contribution in [-0.2, 0) is 16.1 Å². The van der Waals surface area contributed by atoms with Gasteiger partial charge in [0.1, 0.15) is 12.4 Å². The van der Waals surface area contributed by atoms with Gasteiger partial charge in [-0.25, -0.2) is 23.4 Å². The van der Waals surface area contributed by atoms with E-state index in [1.165, 1.54) is 25.1 Å². The quantitative estimate of drug-likeness (QED) is 0.292. The topological polar surface area (TPSA) is 109 Å². The molecule has 3 N–H and O–H groups in total. The third kappa shape index (κ3) is 8.48. The lowest BCUT2D eigenvalue weighted by Crippen LogP contribution is -2.54. The molecule has 0 unspecified atom stereocenters. The Bertz CT molecular complexity index is 1180. The van der Waals surface area contributed by atoms with Crippen LogP contribution in [0.1, 0.15) is 12.5 Å². The lowest BCUT2D eigenvalue weighted by atomic mass is 10.2. The molecule has 1 heterocycles. The molecule has 9 nitrogen and oxygen atoms in total. The van der Waals surface area contributed by atoms with Crippen molar-refractivity contribution in [1.82, 2.24) is 20.9 Å². The molecule has 0 radical (unpaired) electrons. The van der Waals surface area contributed by atoms with Crippen molar-refractivity contribution in [2.45, 2.75) is 25.9 Å². The van der Waals surface area contributed by atoms with E-state index >= 15 is 0 Å². The Balaban J connectivity index is 1.63. The van der Waals surface area contributed by atoms with Crippen LogP contribution in [0, 0.1) is 5.82 Å². The highest BCUT2D eigenvalue weighted by Crippen LogP contribution is 2.22. The van der Waals surface area contributed by atoms with Crippen LogP contribution in [0.5, 0.6) is 0 Å². The molecule has 0 spiro atoms. The fraction of sp³-hybridized carbons (Fsp3) is 0.292. The second-order valence-corrected chi connectivity index (χ2v) is 8.18. The number of carbonyl (C=O) groups excluding carboxylic acids is 2. The van der Waals surface area contributed by atoms with Gasteiger partial charge < -0.3 is 14.6 Å². The molecular formula is C24H25ClF3N5O4. The monoisotopic (exact) mass is 539 g/mol. The third-order valence-electron chi connectivity index (χ3n) is 5.06. The van der Waals surface area contributed by atoms with Crippen LogP contribution < -0.4 is 16.1 Å². The van der Waals surface area contributed by atoms with Crippen molar-refractivity contribution in [3.63, 3.8) is 0 Å². The molecule has 198 valence electrons. The predicted molar refractivity (Wildman–Crippen MR) is 130 cm³/mol. The van der Waals surface area contributed by atoms with Crippen LogP contribution in [0.15, 0.2) is 59.1 Å². The molecule has 2 aromatic carbocycles. The maximum atomic E-state index is 13.8. The SMILES string of the molecule is CC(=O)N(NCc1cccc(F)c1Cl)[C@@H](CNCC(F)F)COC(=O)Nc1cc(-c2ccccc2)on1. The number of alkyl halides is 2. The largest absolute Gasteiger partial charge is 0.447 e. The average Bonchev–Trinajstić information content (AvgIpc) is 3.33. The van der Waals surface area contributed by atoms with E-state index < -0.39 is 36.8 Å². The van der Waals surface area contributed by atoms with Crippen molar-refractivity contribution < 1.29 is 32.0 Å². The van der Waals surface area contributed by atoms with Crippen LogP contribution in [0.4, 0.5) is 23.8 Å². The van der Waals surface area contributed by atoms with Crippen LogP contribution in [0.25, 0.3) is 11.3 Å². The first kappa shape index (κ1) is 28.0. The summed E-state index contributed by atoms with van der Waals surface area (Å²) >= 11 is 5.97. The number of carbonyl (C=O) groups is 2. The molecule has 0 saturated carbocycles. The van der Waals surface area contributed by atoms with Crippen LogP contribution in [0.2, 0.25) is 5.02 Å². The van der Waals surface area contributed by atoms with Gasteiger partial charge in [-0.3, -0.25) is 15.1 Å². The number of benzene rings is 2. The summed E-state index contributed by atoms with van der Waals surface area (Å²) in [5.41, 5.74) is 3.92. The molecule has 1 aromatic heterocycles. The predicted octanol–water partition coefficient (Wildman–Crippen LogP) is 4.46. The molecular weight excluding hydrogens is 515 g/mol.